The number of piperidine rings is 1. The summed E-state index contributed by atoms with van der Waals surface area (Å²) in [5, 5.41) is 21.4. The number of aryl methyl sites for hydroxylation is 2. The van der Waals surface area contributed by atoms with E-state index in [2.05, 4.69) is 26.3 Å². The highest BCUT2D eigenvalue weighted by Gasteiger charge is 2.40. The standard InChI is InChI=1S/C18H31N5O2.2C2HF3O2/c1-15-9-16(21(3)20-15)10-22-6-4-5-18(12-22)13-23(7-8-25-14-18)11-17(24)19-2;2*3-2(4,5)1(6)7/h9H,4-8,10-14H2,1-3H3,(H,19,24);2*(H,6,7). The van der Waals surface area contributed by atoms with Crippen LogP contribution in [0.4, 0.5) is 26.3 Å². The molecular weight excluding hydrogens is 544 g/mol. The first kappa shape index (κ1) is 34.1. The molecule has 224 valence electrons. The zero-order valence-electron chi connectivity index (χ0n) is 21.7. The number of rotatable bonds is 4. The molecule has 2 fully saturated rings. The minimum Gasteiger partial charge on any atom is -0.475 e. The lowest BCUT2D eigenvalue weighted by Gasteiger charge is -2.43. The van der Waals surface area contributed by atoms with Crippen molar-refractivity contribution in [1.29, 1.82) is 0 Å². The number of carboxylic acid groups (broad SMARTS) is 2. The summed E-state index contributed by atoms with van der Waals surface area (Å²) in [5.74, 6) is -5.44. The van der Waals surface area contributed by atoms with Crippen molar-refractivity contribution in [3.63, 3.8) is 0 Å². The van der Waals surface area contributed by atoms with E-state index in [0.29, 0.717) is 13.2 Å². The zero-order chi connectivity index (χ0) is 30.0. The predicted molar refractivity (Wildman–Crippen MR) is 124 cm³/mol. The number of hydrogen-bond donors (Lipinski definition) is 3. The van der Waals surface area contributed by atoms with Crippen LogP contribution in [0.5, 0.6) is 0 Å². The third-order valence-electron chi connectivity index (χ3n) is 5.88. The van der Waals surface area contributed by atoms with Crippen molar-refractivity contribution in [3.05, 3.63) is 17.5 Å². The molecule has 3 rings (SSSR count). The smallest absolute Gasteiger partial charge is 0.475 e. The Hall–Kier alpha value is -2.92. The third kappa shape index (κ3) is 12.2. The van der Waals surface area contributed by atoms with Gasteiger partial charge in [-0.15, -0.1) is 0 Å². The van der Waals surface area contributed by atoms with Gasteiger partial charge in [-0.25, -0.2) is 9.59 Å². The quantitative estimate of drug-likeness (QED) is 0.457. The number of aromatic nitrogens is 2. The van der Waals surface area contributed by atoms with E-state index < -0.39 is 24.3 Å². The van der Waals surface area contributed by atoms with Gasteiger partial charge in [-0.05, 0) is 32.4 Å². The van der Waals surface area contributed by atoms with Crippen LogP contribution in [-0.4, -0.2) is 113 Å². The summed E-state index contributed by atoms with van der Waals surface area (Å²) >= 11 is 0. The average Bonchev–Trinajstić information content (AvgIpc) is 3.00. The van der Waals surface area contributed by atoms with Gasteiger partial charge >= 0.3 is 24.3 Å². The topological polar surface area (TPSA) is 137 Å². The van der Waals surface area contributed by atoms with Gasteiger partial charge in [0.2, 0.25) is 5.91 Å². The van der Waals surface area contributed by atoms with Crippen LogP contribution in [0.25, 0.3) is 0 Å². The maximum absolute atomic E-state index is 11.8. The van der Waals surface area contributed by atoms with Gasteiger partial charge in [-0.1, -0.05) is 0 Å². The minimum absolute atomic E-state index is 0.0788. The molecule has 3 heterocycles. The van der Waals surface area contributed by atoms with Crippen molar-refractivity contribution in [1.82, 2.24) is 24.9 Å². The molecule has 3 N–H and O–H groups in total. The molecule has 2 aliphatic heterocycles. The number of likely N-dealkylation sites (tertiary alicyclic amines) is 1. The molecule has 1 aromatic rings. The maximum Gasteiger partial charge on any atom is 0.490 e. The number of ether oxygens (including phenoxy) is 1. The van der Waals surface area contributed by atoms with Gasteiger partial charge in [0.05, 0.1) is 31.1 Å². The highest BCUT2D eigenvalue weighted by molar-refractivity contribution is 5.77. The predicted octanol–water partition coefficient (Wildman–Crippen LogP) is 1.66. The Morgan fingerprint density at radius 3 is 2.05 bits per heavy atom. The van der Waals surface area contributed by atoms with Crippen LogP contribution in [0.2, 0.25) is 0 Å². The van der Waals surface area contributed by atoms with Gasteiger partial charge in [0.25, 0.3) is 0 Å². The first-order valence-corrected chi connectivity index (χ1v) is 11.7. The Kier molecular flexibility index (Phi) is 12.6. The minimum atomic E-state index is -5.08. The third-order valence-corrected chi connectivity index (χ3v) is 5.88. The van der Waals surface area contributed by atoms with Crippen molar-refractivity contribution in [2.24, 2.45) is 12.5 Å². The van der Waals surface area contributed by atoms with E-state index in [4.69, 9.17) is 24.5 Å². The fourth-order valence-corrected chi connectivity index (χ4v) is 4.23. The molecule has 39 heavy (non-hydrogen) atoms. The Bertz CT molecular complexity index is 946. The number of aliphatic carboxylic acids is 2. The second-order valence-electron chi connectivity index (χ2n) is 9.26. The normalized spacial score (nSPS) is 20.6. The van der Waals surface area contributed by atoms with Crippen LogP contribution in [0.3, 0.4) is 0 Å². The molecule has 1 unspecified atom stereocenters. The van der Waals surface area contributed by atoms with E-state index in [-0.39, 0.29) is 11.3 Å². The molecule has 1 spiro atoms. The van der Waals surface area contributed by atoms with Crippen LogP contribution in [0.1, 0.15) is 24.2 Å². The first-order valence-electron chi connectivity index (χ1n) is 11.7. The molecule has 1 aromatic heterocycles. The lowest BCUT2D eigenvalue weighted by Crippen LogP contribution is -2.51. The van der Waals surface area contributed by atoms with Crippen molar-refractivity contribution in [2.45, 2.75) is 38.7 Å². The lowest BCUT2D eigenvalue weighted by atomic mass is 9.80. The van der Waals surface area contributed by atoms with E-state index in [0.717, 1.165) is 51.4 Å². The van der Waals surface area contributed by atoms with Crippen molar-refractivity contribution in [3.8, 4) is 0 Å². The highest BCUT2D eigenvalue weighted by atomic mass is 19.4. The molecule has 0 aliphatic carbocycles. The second-order valence-corrected chi connectivity index (χ2v) is 9.26. The van der Waals surface area contributed by atoms with Gasteiger partial charge in [-0.3, -0.25) is 19.3 Å². The van der Waals surface area contributed by atoms with Gasteiger partial charge in [0.15, 0.2) is 0 Å². The lowest BCUT2D eigenvalue weighted by molar-refractivity contribution is -0.193. The average molecular weight is 578 g/mol. The van der Waals surface area contributed by atoms with Gasteiger partial charge in [0.1, 0.15) is 0 Å². The Morgan fingerprint density at radius 1 is 1.05 bits per heavy atom. The highest BCUT2D eigenvalue weighted by Crippen LogP contribution is 2.33. The van der Waals surface area contributed by atoms with Crippen LogP contribution in [0, 0.1) is 12.3 Å². The number of carboxylic acids is 2. The summed E-state index contributed by atoms with van der Waals surface area (Å²) in [7, 11) is 3.71. The van der Waals surface area contributed by atoms with E-state index in [1.165, 1.54) is 12.1 Å². The van der Waals surface area contributed by atoms with Crippen molar-refractivity contribution < 1.29 is 55.7 Å². The van der Waals surface area contributed by atoms with Crippen LogP contribution >= 0.6 is 0 Å². The van der Waals surface area contributed by atoms with Gasteiger partial charge in [0, 0.05) is 45.7 Å². The summed E-state index contributed by atoms with van der Waals surface area (Å²) in [6.45, 7) is 8.81. The number of nitrogens with one attached hydrogen (secondary N) is 1. The number of carbonyl (C=O) groups excluding carboxylic acids is 1. The Balaban J connectivity index is 0.000000449. The largest absolute Gasteiger partial charge is 0.490 e. The molecular formula is C22H33F6N5O6. The van der Waals surface area contributed by atoms with E-state index in [1.54, 1.807) is 7.05 Å². The van der Waals surface area contributed by atoms with Crippen LogP contribution < -0.4 is 5.32 Å². The molecule has 11 nitrogen and oxygen atoms in total. The van der Waals surface area contributed by atoms with E-state index >= 15 is 0 Å². The van der Waals surface area contributed by atoms with Gasteiger partial charge < -0.3 is 20.3 Å². The molecule has 0 saturated carbocycles. The summed E-state index contributed by atoms with van der Waals surface area (Å²) in [4.78, 5) is 34.4. The molecule has 0 radical (unpaired) electrons. The van der Waals surface area contributed by atoms with Crippen LogP contribution in [-0.2, 0) is 32.7 Å². The van der Waals surface area contributed by atoms with Crippen molar-refractivity contribution >= 4 is 17.8 Å². The summed E-state index contributed by atoms with van der Waals surface area (Å²) in [5.41, 5.74) is 2.45. The monoisotopic (exact) mass is 577 g/mol. The summed E-state index contributed by atoms with van der Waals surface area (Å²) in [6.07, 6.45) is -7.83. The Morgan fingerprint density at radius 2 is 1.59 bits per heavy atom. The van der Waals surface area contributed by atoms with Crippen LogP contribution in [0.15, 0.2) is 6.07 Å². The molecule has 1 amide bonds. The molecule has 0 bridgehead atoms. The molecule has 0 aromatic carbocycles. The number of nitrogens with zero attached hydrogens (tertiary/aromatic N) is 4. The summed E-state index contributed by atoms with van der Waals surface area (Å²) < 4.78 is 71.4. The SMILES string of the molecule is CNC(=O)CN1CCOCC2(CCCN(Cc3cc(C)nn3C)C2)C1.O=C(O)C(F)(F)F.O=C(O)C(F)(F)F. The second kappa shape index (κ2) is 14.5. The first-order chi connectivity index (χ1) is 17.9. The molecule has 2 saturated heterocycles. The number of carbonyl (C=O) groups is 3. The Labute approximate surface area is 220 Å². The van der Waals surface area contributed by atoms with Crippen molar-refractivity contribution in [2.75, 3.05) is 53.0 Å². The van der Waals surface area contributed by atoms with E-state index in [1.807, 2.05) is 18.7 Å². The number of amides is 1. The number of alkyl halides is 6. The number of likely N-dealkylation sites (N-methyl/N-ethyl adjacent to an activating group) is 1. The summed E-state index contributed by atoms with van der Waals surface area (Å²) in [6, 6.07) is 2.17. The maximum atomic E-state index is 11.8. The van der Waals surface area contributed by atoms with E-state index in [9.17, 15) is 31.1 Å². The number of hydrogen-bond acceptors (Lipinski definition) is 7. The molecule has 2 aliphatic rings. The molecule has 1 atom stereocenters. The molecule has 17 heteroatoms. The zero-order valence-corrected chi connectivity index (χ0v) is 21.7. The number of halogens is 6. The fourth-order valence-electron chi connectivity index (χ4n) is 4.23. The van der Waals surface area contributed by atoms with Gasteiger partial charge in [-0.2, -0.15) is 31.4 Å². The fraction of sp³-hybridized carbons (Fsp3) is 0.727.